The highest BCUT2D eigenvalue weighted by Crippen LogP contribution is 2.18. The van der Waals surface area contributed by atoms with Crippen LogP contribution in [0.1, 0.15) is 25.7 Å². The zero-order valence-electron chi connectivity index (χ0n) is 9.69. The molecule has 0 aromatic rings. The van der Waals surface area contributed by atoms with E-state index in [1.165, 1.54) is 0 Å². The lowest BCUT2D eigenvalue weighted by atomic mass is 10.1. The standard InChI is InChI=1S/C12H18N2O3/c15-11(7-9-2-1-5-13-9)14-10-4-3-8(6-10)12(16)17/h3-4,8-10,13H,1-2,5-7H2,(H,14,15)(H,16,17). The Morgan fingerprint density at radius 2 is 2.24 bits per heavy atom. The summed E-state index contributed by atoms with van der Waals surface area (Å²) < 4.78 is 0. The molecule has 0 radical (unpaired) electrons. The summed E-state index contributed by atoms with van der Waals surface area (Å²) in [5.41, 5.74) is 0. The quantitative estimate of drug-likeness (QED) is 0.614. The Labute approximate surface area is 100 Å². The third-order valence-electron chi connectivity index (χ3n) is 3.34. The summed E-state index contributed by atoms with van der Waals surface area (Å²) in [6.07, 6.45) is 6.56. The van der Waals surface area contributed by atoms with E-state index in [1.807, 2.05) is 0 Å². The first-order valence-corrected chi connectivity index (χ1v) is 6.09. The summed E-state index contributed by atoms with van der Waals surface area (Å²) >= 11 is 0. The number of carbonyl (C=O) groups excluding carboxylic acids is 1. The van der Waals surface area contributed by atoms with Crippen LogP contribution >= 0.6 is 0 Å². The highest BCUT2D eigenvalue weighted by Gasteiger charge is 2.26. The molecule has 0 aromatic heterocycles. The largest absolute Gasteiger partial charge is 0.481 e. The number of amides is 1. The van der Waals surface area contributed by atoms with Gasteiger partial charge in [-0.2, -0.15) is 0 Å². The molecule has 0 aromatic carbocycles. The van der Waals surface area contributed by atoms with Crippen molar-refractivity contribution in [2.45, 2.75) is 37.8 Å². The summed E-state index contributed by atoms with van der Waals surface area (Å²) in [6.45, 7) is 0.988. The van der Waals surface area contributed by atoms with Gasteiger partial charge in [-0.25, -0.2) is 0 Å². The van der Waals surface area contributed by atoms with Crippen LogP contribution in [-0.4, -0.2) is 35.6 Å². The van der Waals surface area contributed by atoms with Gasteiger partial charge in [0.1, 0.15) is 0 Å². The van der Waals surface area contributed by atoms with Gasteiger partial charge in [0.15, 0.2) is 0 Å². The third-order valence-corrected chi connectivity index (χ3v) is 3.34. The van der Waals surface area contributed by atoms with E-state index in [-0.39, 0.29) is 18.0 Å². The van der Waals surface area contributed by atoms with Gasteiger partial charge in [0, 0.05) is 18.5 Å². The van der Waals surface area contributed by atoms with Crippen molar-refractivity contribution in [3.8, 4) is 0 Å². The van der Waals surface area contributed by atoms with Crippen LogP contribution in [0.3, 0.4) is 0 Å². The molecule has 3 unspecified atom stereocenters. The van der Waals surface area contributed by atoms with Gasteiger partial charge in [-0.3, -0.25) is 9.59 Å². The molecule has 17 heavy (non-hydrogen) atoms. The molecule has 3 N–H and O–H groups in total. The van der Waals surface area contributed by atoms with Crippen LogP contribution in [0.2, 0.25) is 0 Å². The molecule has 5 nitrogen and oxygen atoms in total. The lowest BCUT2D eigenvalue weighted by Crippen LogP contribution is -2.37. The highest BCUT2D eigenvalue weighted by atomic mass is 16.4. The Kier molecular flexibility index (Phi) is 3.78. The van der Waals surface area contributed by atoms with Crippen LogP contribution in [0.4, 0.5) is 0 Å². The number of carbonyl (C=O) groups is 2. The zero-order chi connectivity index (χ0) is 12.3. The third kappa shape index (κ3) is 3.30. The predicted octanol–water partition coefficient (Wildman–Crippen LogP) is 0.274. The van der Waals surface area contributed by atoms with Gasteiger partial charge in [0.2, 0.25) is 5.91 Å². The Morgan fingerprint density at radius 3 is 2.82 bits per heavy atom. The van der Waals surface area contributed by atoms with E-state index in [0.717, 1.165) is 19.4 Å². The van der Waals surface area contributed by atoms with Crippen molar-refractivity contribution in [1.29, 1.82) is 0 Å². The molecule has 2 aliphatic rings. The van der Waals surface area contributed by atoms with Crippen LogP contribution in [0.15, 0.2) is 12.2 Å². The second kappa shape index (κ2) is 5.31. The highest BCUT2D eigenvalue weighted by molar-refractivity contribution is 5.78. The van der Waals surface area contributed by atoms with Crippen LogP contribution in [0.5, 0.6) is 0 Å². The minimum absolute atomic E-state index is 0.00471. The normalized spacial score (nSPS) is 31.6. The number of rotatable bonds is 4. The van der Waals surface area contributed by atoms with Gasteiger partial charge in [0.25, 0.3) is 0 Å². The minimum atomic E-state index is -0.824. The number of carboxylic acid groups (broad SMARTS) is 1. The van der Waals surface area contributed by atoms with E-state index in [2.05, 4.69) is 10.6 Å². The Bertz CT molecular complexity index is 335. The Hall–Kier alpha value is -1.36. The van der Waals surface area contributed by atoms with Crippen molar-refractivity contribution >= 4 is 11.9 Å². The summed E-state index contributed by atoms with van der Waals surface area (Å²) in [5.74, 6) is -1.27. The fourth-order valence-corrected chi connectivity index (χ4v) is 2.41. The first-order chi connectivity index (χ1) is 8.15. The van der Waals surface area contributed by atoms with E-state index >= 15 is 0 Å². The molecule has 1 aliphatic heterocycles. The minimum Gasteiger partial charge on any atom is -0.481 e. The van der Waals surface area contributed by atoms with Crippen molar-refractivity contribution < 1.29 is 14.7 Å². The number of hydrogen-bond acceptors (Lipinski definition) is 3. The monoisotopic (exact) mass is 238 g/mol. The Balaban J connectivity index is 1.72. The number of hydrogen-bond donors (Lipinski definition) is 3. The molecule has 1 heterocycles. The topological polar surface area (TPSA) is 78.4 Å². The van der Waals surface area contributed by atoms with Gasteiger partial charge in [-0.1, -0.05) is 12.2 Å². The second-order valence-corrected chi connectivity index (χ2v) is 4.74. The molecular formula is C12H18N2O3. The summed E-state index contributed by atoms with van der Waals surface area (Å²) in [4.78, 5) is 22.4. The van der Waals surface area contributed by atoms with Crippen molar-refractivity contribution in [3.05, 3.63) is 12.2 Å². The van der Waals surface area contributed by atoms with Gasteiger partial charge in [-0.05, 0) is 25.8 Å². The average Bonchev–Trinajstić information content (AvgIpc) is 2.88. The Morgan fingerprint density at radius 1 is 1.41 bits per heavy atom. The maximum absolute atomic E-state index is 11.7. The summed E-state index contributed by atoms with van der Waals surface area (Å²) in [7, 11) is 0. The van der Waals surface area contributed by atoms with E-state index in [9.17, 15) is 9.59 Å². The molecule has 1 amide bonds. The molecule has 0 bridgehead atoms. The first-order valence-electron chi connectivity index (χ1n) is 6.09. The van der Waals surface area contributed by atoms with E-state index in [1.54, 1.807) is 12.2 Å². The number of nitrogens with one attached hydrogen (secondary N) is 2. The molecule has 1 saturated heterocycles. The van der Waals surface area contributed by atoms with Crippen LogP contribution < -0.4 is 10.6 Å². The smallest absolute Gasteiger partial charge is 0.310 e. The molecule has 0 spiro atoms. The van der Waals surface area contributed by atoms with Gasteiger partial charge in [0.05, 0.1) is 5.92 Å². The maximum Gasteiger partial charge on any atom is 0.310 e. The van der Waals surface area contributed by atoms with E-state index in [0.29, 0.717) is 12.8 Å². The van der Waals surface area contributed by atoms with Crippen LogP contribution in [0, 0.1) is 5.92 Å². The molecule has 0 saturated carbocycles. The van der Waals surface area contributed by atoms with Crippen molar-refractivity contribution in [2.24, 2.45) is 5.92 Å². The average molecular weight is 238 g/mol. The molecule has 1 fully saturated rings. The molecule has 3 atom stereocenters. The number of carboxylic acids is 1. The fraction of sp³-hybridized carbons (Fsp3) is 0.667. The second-order valence-electron chi connectivity index (χ2n) is 4.74. The van der Waals surface area contributed by atoms with Gasteiger partial charge >= 0.3 is 5.97 Å². The van der Waals surface area contributed by atoms with E-state index in [4.69, 9.17) is 5.11 Å². The summed E-state index contributed by atoms with van der Waals surface area (Å²) in [5, 5.41) is 14.9. The van der Waals surface area contributed by atoms with Crippen LogP contribution in [0.25, 0.3) is 0 Å². The maximum atomic E-state index is 11.7. The SMILES string of the molecule is O=C(CC1CCCN1)NC1C=CC(C(=O)O)C1. The van der Waals surface area contributed by atoms with E-state index < -0.39 is 11.9 Å². The lowest BCUT2D eigenvalue weighted by molar-refractivity contribution is -0.140. The molecule has 94 valence electrons. The zero-order valence-corrected chi connectivity index (χ0v) is 9.69. The van der Waals surface area contributed by atoms with Crippen molar-refractivity contribution in [1.82, 2.24) is 10.6 Å². The van der Waals surface area contributed by atoms with Gasteiger partial charge < -0.3 is 15.7 Å². The molecule has 5 heteroatoms. The first kappa shape index (κ1) is 12.1. The van der Waals surface area contributed by atoms with Crippen molar-refractivity contribution in [2.75, 3.05) is 6.54 Å². The fourth-order valence-electron chi connectivity index (χ4n) is 2.41. The van der Waals surface area contributed by atoms with Crippen molar-refractivity contribution in [3.63, 3.8) is 0 Å². The molecular weight excluding hydrogens is 220 g/mol. The molecule has 2 rings (SSSR count). The number of aliphatic carboxylic acids is 1. The lowest BCUT2D eigenvalue weighted by Gasteiger charge is -2.14. The van der Waals surface area contributed by atoms with Gasteiger partial charge in [-0.15, -0.1) is 0 Å². The molecule has 1 aliphatic carbocycles. The van der Waals surface area contributed by atoms with Crippen LogP contribution in [-0.2, 0) is 9.59 Å². The summed E-state index contributed by atoms with van der Waals surface area (Å²) in [6, 6.07) is 0.167. The predicted molar refractivity (Wildman–Crippen MR) is 62.5 cm³/mol.